The number of hydrogen-bond acceptors (Lipinski definition) is 4. The van der Waals surface area contributed by atoms with Crippen molar-refractivity contribution in [3.05, 3.63) is 30.0 Å². The molecule has 0 N–H and O–H groups in total. The molecular weight excluding hydrogens is 172 g/mol. The first kappa shape index (κ1) is 9.00. The summed E-state index contributed by atoms with van der Waals surface area (Å²) in [5.74, 6) is 0.700. The third kappa shape index (κ3) is 2.45. The van der Waals surface area contributed by atoms with Crippen LogP contribution in [0.4, 0.5) is 0 Å². The smallest absolute Gasteiger partial charge is 0.330 e. The molecule has 0 radical (unpaired) electrons. The zero-order chi connectivity index (χ0) is 9.68. The molecule has 5 heteroatoms. The van der Waals surface area contributed by atoms with Crippen molar-refractivity contribution in [3.8, 4) is 0 Å². The van der Waals surface area contributed by atoms with Gasteiger partial charge in [-0.25, -0.2) is 14.6 Å². The Morgan fingerprint density at radius 2 is 2.38 bits per heavy atom. The van der Waals surface area contributed by atoms with E-state index in [9.17, 15) is 9.59 Å². The van der Waals surface area contributed by atoms with Crippen LogP contribution in [-0.2, 0) is 9.59 Å². The Morgan fingerprint density at radius 3 is 2.92 bits per heavy atom. The maximum absolute atomic E-state index is 11.1. The number of imidazole rings is 1. The third-order valence-electron chi connectivity index (χ3n) is 1.21. The monoisotopic (exact) mass is 178 g/mol. The van der Waals surface area contributed by atoms with E-state index < -0.39 is 5.97 Å². The summed E-state index contributed by atoms with van der Waals surface area (Å²) in [6.07, 6.45) is 4.23. The molecule has 5 nitrogen and oxygen atoms in total. The molecule has 0 aliphatic carbocycles. The SMILES string of the molecule is CC(=C=C=O)C(=O)On1ccnc1. The molecule has 66 valence electrons. The van der Waals surface area contributed by atoms with Crippen LogP contribution >= 0.6 is 0 Å². The van der Waals surface area contributed by atoms with Crippen molar-refractivity contribution in [1.29, 1.82) is 0 Å². The van der Waals surface area contributed by atoms with Crippen LogP contribution in [-0.4, -0.2) is 21.6 Å². The topological polar surface area (TPSA) is 61.2 Å². The second kappa shape index (κ2) is 4.07. The van der Waals surface area contributed by atoms with Crippen molar-refractivity contribution in [1.82, 2.24) is 9.71 Å². The molecule has 1 aromatic rings. The van der Waals surface area contributed by atoms with Crippen LogP contribution in [0, 0.1) is 0 Å². The molecule has 0 amide bonds. The first-order chi connectivity index (χ1) is 6.24. The molecule has 1 aromatic heterocycles. The molecule has 0 saturated heterocycles. The molecule has 13 heavy (non-hydrogen) atoms. The van der Waals surface area contributed by atoms with Crippen molar-refractivity contribution < 1.29 is 14.4 Å². The highest BCUT2D eigenvalue weighted by Crippen LogP contribution is 1.90. The lowest BCUT2D eigenvalue weighted by Gasteiger charge is -2.00. The second-order valence-corrected chi connectivity index (χ2v) is 2.15. The highest BCUT2D eigenvalue weighted by atomic mass is 16.7. The van der Waals surface area contributed by atoms with Gasteiger partial charge in [-0.15, -0.1) is 0 Å². The molecule has 0 bridgehead atoms. The first-order valence-electron chi connectivity index (χ1n) is 3.41. The second-order valence-electron chi connectivity index (χ2n) is 2.15. The molecule has 0 aliphatic rings. The number of carbonyl (C=O) groups excluding carboxylic acids is 2. The Morgan fingerprint density at radius 1 is 1.62 bits per heavy atom. The predicted octanol–water partition coefficient (Wildman–Crippen LogP) is -0.229. The summed E-state index contributed by atoms with van der Waals surface area (Å²) in [4.78, 5) is 29.3. The Labute approximate surface area is 73.9 Å². The lowest BCUT2D eigenvalue weighted by atomic mass is 10.3. The molecule has 0 atom stereocenters. The van der Waals surface area contributed by atoms with Gasteiger partial charge in [-0.3, -0.25) is 0 Å². The summed E-state index contributed by atoms with van der Waals surface area (Å²) in [7, 11) is 0. The Hall–Kier alpha value is -2.09. The number of aromatic nitrogens is 2. The van der Waals surface area contributed by atoms with Gasteiger partial charge in [-0.05, 0) is 12.7 Å². The molecule has 0 aromatic carbocycles. The molecule has 0 unspecified atom stereocenters. The van der Waals surface area contributed by atoms with Gasteiger partial charge < -0.3 is 4.84 Å². The minimum absolute atomic E-state index is 0.0590. The van der Waals surface area contributed by atoms with E-state index in [1.54, 1.807) is 0 Å². The fourth-order valence-corrected chi connectivity index (χ4v) is 0.593. The van der Waals surface area contributed by atoms with Crippen LogP contribution in [0.25, 0.3) is 0 Å². The maximum Gasteiger partial charge on any atom is 0.367 e. The van der Waals surface area contributed by atoms with E-state index in [1.807, 2.05) is 0 Å². The van der Waals surface area contributed by atoms with Gasteiger partial charge in [0.15, 0.2) is 5.94 Å². The third-order valence-corrected chi connectivity index (χ3v) is 1.21. The highest BCUT2D eigenvalue weighted by Gasteiger charge is 2.05. The zero-order valence-electron chi connectivity index (χ0n) is 6.85. The van der Waals surface area contributed by atoms with Crippen LogP contribution < -0.4 is 4.84 Å². The van der Waals surface area contributed by atoms with Crippen molar-refractivity contribution in [2.75, 3.05) is 0 Å². The van der Waals surface area contributed by atoms with Gasteiger partial charge in [0.25, 0.3) is 0 Å². The largest absolute Gasteiger partial charge is 0.367 e. The zero-order valence-corrected chi connectivity index (χ0v) is 6.85. The van der Waals surface area contributed by atoms with Gasteiger partial charge in [-0.2, -0.15) is 4.73 Å². The minimum Gasteiger partial charge on any atom is -0.330 e. The molecular formula is C8H6N2O3. The van der Waals surface area contributed by atoms with Crippen molar-refractivity contribution in [3.63, 3.8) is 0 Å². The van der Waals surface area contributed by atoms with Gasteiger partial charge in [0, 0.05) is 6.20 Å². The van der Waals surface area contributed by atoms with Gasteiger partial charge >= 0.3 is 5.97 Å². The minimum atomic E-state index is -0.665. The molecule has 0 fully saturated rings. The lowest BCUT2D eigenvalue weighted by Crippen LogP contribution is -2.18. The maximum atomic E-state index is 11.1. The van der Waals surface area contributed by atoms with Crippen LogP contribution in [0.1, 0.15) is 6.92 Å². The number of hydrogen-bond donors (Lipinski definition) is 0. The van der Waals surface area contributed by atoms with E-state index in [1.165, 1.54) is 31.6 Å². The summed E-state index contributed by atoms with van der Waals surface area (Å²) in [5.41, 5.74) is 2.12. The van der Waals surface area contributed by atoms with Crippen LogP contribution in [0.2, 0.25) is 0 Å². The van der Waals surface area contributed by atoms with E-state index in [-0.39, 0.29) is 5.57 Å². The van der Waals surface area contributed by atoms with E-state index in [0.29, 0.717) is 0 Å². The fraction of sp³-hybridized carbons (Fsp3) is 0.125. The quantitative estimate of drug-likeness (QED) is 0.356. The van der Waals surface area contributed by atoms with Crippen LogP contribution in [0.15, 0.2) is 30.0 Å². The summed E-state index contributed by atoms with van der Waals surface area (Å²) in [6, 6.07) is 0. The highest BCUT2D eigenvalue weighted by molar-refractivity contribution is 5.88. The van der Waals surface area contributed by atoms with E-state index in [0.717, 1.165) is 4.73 Å². The molecule has 1 heterocycles. The molecule has 0 spiro atoms. The lowest BCUT2D eigenvalue weighted by molar-refractivity contribution is -0.139. The Bertz CT molecular complexity index is 382. The molecule has 0 saturated carbocycles. The average Bonchev–Trinajstić information content (AvgIpc) is 2.57. The number of rotatable bonds is 2. The van der Waals surface area contributed by atoms with Crippen molar-refractivity contribution in [2.24, 2.45) is 0 Å². The Balaban J connectivity index is 2.72. The summed E-state index contributed by atoms with van der Waals surface area (Å²) >= 11 is 0. The van der Waals surface area contributed by atoms with Gasteiger partial charge in [0.2, 0.25) is 0 Å². The van der Waals surface area contributed by atoms with Crippen LogP contribution in [0.5, 0.6) is 0 Å². The van der Waals surface area contributed by atoms with E-state index >= 15 is 0 Å². The predicted molar refractivity (Wildman–Crippen MR) is 42.2 cm³/mol. The normalized spacial score (nSPS) is 8.38. The average molecular weight is 178 g/mol. The molecule has 1 rings (SSSR count). The Kier molecular flexibility index (Phi) is 2.82. The first-order valence-corrected chi connectivity index (χ1v) is 3.41. The van der Waals surface area contributed by atoms with Gasteiger partial charge in [-0.1, -0.05) is 0 Å². The van der Waals surface area contributed by atoms with Gasteiger partial charge in [0.1, 0.15) is 6.33 Å². The molecule has 0 aliphatic heterocycles. The summed E-state index contributed by atoms with van der Waals surface area (Å²) < 4.78 is 1.12. The van der Waals surface area contributed by atoms with E-state index in [2.05, 4.69) is 10.7 Å². The van der Waals surface area contributed by atoms with Crippen molar-refractivity contribution in [2.45, 2.75) is 6.92 Å². The summed E-state index contributed by atoms with van der Waals surface area (Å²) in [5, 5.41) is 0. The number of nitrogens with zero attached hydrogens (tertiary/aromatic N) is 2. The number of carbonyl (C=O) groups is 1. The summed E-state index contributed by atoms with van der Waals surface area (Å²) in [6.45, 7) is 1.41. The van der Waals surface area contributed by atoms with E-state index in [4.69, 9.17) is 4.84 Å². The standard InChI is InChI=1S/C8H6N2O3/c1-7(2-5-11)8(12)13-10-4-3-9-6-10/h3-4,6H,1H3. The fourth-order valence-electron chi connectivity index (χ4n) is 0.593. The van der Waals surface area contributed by atoms with Crippen LogP contribution in [0.3, 0.4) is 0 Å². The van der Waals surface area contributed by atoms with Gasteiger partial charge in [0.05, 0.1) is 11.8 Å². The van der Waals surface area contributed by atoms with Crippen molar-refractivity contribution >= 4 is 11.9 Å².